The molecule has 2 bridgehead atoms. The third-order valence-corrected chi connectivity index (χ3v) is 7.20. The van der Waals surface area contributed by atoms with Gasteiger partial charge in [-0.25, -0.2) is 0 Å². The van der Waals surface area contributed by atoms with Crippen molar-refractivity contribution in [3.63, 3.8) is 0 Å². The second kappa shape index (κ2) is 6.49. The summed E-state index contributed by atoms with van der Waals surface area (Å²) < 4.78 is 0.993. The molecular weight excluding hydrogens is 363 g/mol. The van der Waals surface area contributed by atoms with Gasteiger partial charge in [0.2, 0.25) is 0 Å². The second-order valence-corrected chi connectivity index (χ2v) is 8.66. The van der Waals surface area contributed by atoms with Gasteiger partial charge < -0.3 is 5.32 Å². The van der Waals surface area contributed by atoms with Crippen LogP contribution >= 0.6 is 35.3 Å². The molecule has 1 atom stereocenters. The van der Waals surface area contributed by atoms with Crippen LogP contribution in [0.3, 0.4) is 0 Å². The summed E-state index contributed by atoms with van der Waals surface area (Å²) in [5, 5.41) is 5.08. The van der Waals surface area contributed by atoms with Gasteiger partial charge in [0.25, 0.3) is 5.91 Å². The number of nitrogens with one attached hydrogen (secondary N) is 1. The average Bonchev–Trinajstić information content (AvgIpc) is 2.97. The first-order valence-corrected chi connectivity index (χ1v) is 9.40. The third-order valence-electron chi connectivity index (χ3n) is 5.59. The van der Waals surface area contributed by atoms with Crippen LogP contribution in [0.2, 0.25) is 5.02 Å². The molecule has 3 fully saturated rings. The highest BCUT2D eigenvalue weighted by atomic mass is 35.5. The largest absolute Gasteiger partial charge is 0.346 e. The van der Waals surface area contributed by atoms with Crippen molar-refractivity contribution < 1.29 is 4.79 Å². The molecule has 4 heterocycles. The molecule has 24 heavy (non-hydrogen) atoms. The quantitative estimate of drug-likeness (QED) is 0.821. The zero-order valence-electron chi connectivity index (χ0n) is 13.8. The first kappa shape index (κ1) is 18.0. The Kier molecular flexibility index (Phi) is 4.86. The number of amides is 1. The van der Waals surface area contributed by atoms with Crippen LogP contribution in [-0.4, -0.2) is 35.5 Å². The number of hydrogen-bond donors (Lipinski definition) is 1. The van der Waals surface area contributed by atoms with Gasteiger partial charge in [-0.15, -0.1) is 23.7 Å². The zero-order valence-corrected chi connectivity index (χ0v) is 16.2. The molecule has 1 aromatic carbocycles. The highest BCUT2D eigenvalue weighted by Crippen LogP contribution is 2.39. The Labute approximate surface area is 157 Å². The Morgan fingerprint density at radius 1 is 1.33 bits per heavy atom. The van der Waals surface area contributed by atoms with Gasteiger partial charge in [-0.05, 0) is 63.2 Å². The van der Waals surface area contributed by atoms with Gasteiger partial charge in [-0.3, -0.25) is 9.69 Å². The maximum absolute atomic E-state index is 12.8. The molecule has 1 aromatic heterocycles. The van der Waals surface area contributed by atoms with E-state index in [0.717, 1.165) is 33.1 Å². The molecule has 6 heteroatoms. The average molecular weight is 385 g/mol. The van der Waals surface area contributed by atoms with E-state index < -0.39 is 0 Å². The Balaban J connectivity index is 0.00000169. The normalized spacial score (nSPS) is 27.7. The number of halogens is 2. The maximum Gasteiger partial charge on any atom is 0.261 e. The van der Waals surface area contributed by atoms with Crippen molar-refractivity contribution in [3.8, 4) is 0 Å². The molecule has 3 nitrogen and oxygen atoms in total. The van der Waals surface area contributed by atoms with Gasteiger partial charge in [-0.2, -0.15) is 0 Å². The Morgan fingerprint density at radius 2 is 2.04 bits per heavy atom. The molecule has 130 valence electrons. The smallest absolute Gasteiger partial charge is 0.261 e. The monoisotopic (exact) mass is 384 g/mol. The first-order chi connectivity index (χ1) is 11.0. The molecule has 0 saturated carbocycles. The summed E-state index contributed by atoms with van der Waals surface area (Å²) in [5.74, 6) is 0.631. The second-order valence-electron chi connectivity index (χ2n) is 7.20. The van der Waals surface area contributed by atoms with Crippen LogP contribution in [0.4, 0.5) is 0 Å². The lowest BCUT2D eigenvalue weighted by molar-refractivity contribution is -0.0377. The SMILES string of the molecule is CC1(C)[C@H](NC(=O)c2cc3cccc(Cl)c3s2)C2CCN1CC2.Cl. The fourth-order valence-corrected chi connectivity index (χ4v) is 5.49. The van der Waals surface area contributed by atoms with Crippen molar-refractivity contribution in [3.05, 3.63) is 34.2 Å². The van der Waals surface area contributed by atoms with E-state index in [0.29, 0.717) is 5.92 Å². The van der Waals surface area contributed by atoms with E-state index in [9.17, 15) is 4.79 Å². The zero-order chi connectivity index (χ0) is 16.2. The first-order valence-electron chi connectivity index (χ1n) is 8.21. The van der Waals surface area contributed by atoms with Gasteiger partial charge in [0, 0.05) is 11.6 Å². The number of thiophene rings is 1. The molecule has 0 spiro atoms. The molecule has 0 unspecified atom stereocenters. The van der Waals surface area contributed by atoms with Crippen LogP contribution in [0.5, 0.6) is 0 Å². The molecule has 3 aliphatic rings. The van der Waals surface area contributed by atoms with Crippen molar-refractivity contribution in [2.75, 3.05) is 13.1 Å². The van der Waals surface area contributed by atoms with Crippen molar-refractivity contribution in [2.45, 2.75) is 38.3 Å². The number of hydrogen-bond acceptors (Lipinski definition) is 3. The predicted molar refractivity (Wildman–Crippen MR) is 104 cm³/mol. The summed E-state index contributed by atoms with van der Waals surface area (Å²) in [6, 6.07) is 7.98. The molecular formula is C18H22Cl2N2OS. The van der Waals surface area contributed by atoms with Crippen LogP contribution < -0.4 is 5.32 Å². The maximum atomic E-state index is 12.8. The number of piperidine rings is 3. The van der Waals surface area contributed by atoms with Gasteiger partial charge in [0.15, 0.2) is 0 Å². The van der Waals surface area contributed by atoms with E-state index in [-0.39, 0.29) is 29.9 Å². The Bertz CT molecular complexity index is 765. The van der Waals surface area contributed by atoms with Gasteiger partial charge >= 0.3 is 0 Å². The minimum absolute atomic E-state index is 0. The van der Waals surface area contributed by atoms with Gasteiger partial charge in [0.05, 0.1) is 14.6 Å². The van der Waals surface area contributed by atoms with E-state index in [1.54, 1.807) is 0 Å². The molecule has 3 saturated heterocycles. The summed E-state index contributed by atoms with van der Waals surface area (Å²) >= 11 is 7.72. The number of carbonyl (C=O) groups excluding carboxylic acids is 1. The van der Waals surface area contributed by atoms with E-state index in [4.69, 9.17) is 11.6 Å². The summed E-state index contributed by atoms with van der Waals surface area (Å²) in [4.78, 5) is 16.1. The molecule has 1 amide bonds. The van der Waals surface area contributed by atoms with Crippen molar-refractivity contribution in [1.82, 2.24) is 10.2 Å². The van der Waals surface area contributed by atoms with E-state index >= 15 is 0 Å². The summed E-state index contributed by atoms with van der Waals surface area (Å²) in [6.07, 6.45) is 2.37. The number of nitrogens with zero attached hydrogens (tertiary/aromatic N) is 1. The van der Waals surface area contributed by atoms with E-state index in [1.165, 1.54) is 24.2 Å². The molecule has 5 rings (SSSR count). The fraction of sp³-hybridized carbons (Fsp3) is 0.500. The van der Waals surface area contributed by atoms with E-state index in [1.807, 2.05) is 24.3 Å². The van der Waals surface area contributed by atoms with Gasteiger partial charge in [-0.1, -0.05) is 23.7 Å². The highest BCUT2D eigenvalue weighted by molar-refractivity contribution is 7.21. The Hall–Kier alpha value is -0.810. The summed E-state index contributed by atoms with van der Waals surface area (Å²) in [7, 11) is 0. The minimum atomic E-state index is 0. The molecule has 0 aliphatic carbocycles. The van der Waals surface area contributed by atoms with Crippen LogP contribution in [0, 0.1) is 5.92 Å². The molecule has 0 radical (unpaired) electrons. The van der Waals surface area contributed by atoms with Gasteiger partial charge in [0.1, 0.15) is 0 Å². The highest BCUT2D eigenvalue weighted by Gasteiger charge is 2.48. The van der Waals surface area contributed by atoms with Crippen LogP contribution in [0.1, 0.15) is 36.4 Å². The molecule has 2 aromatic rings. The minimum Gasteiger partial charge on any atom is -0.346 e. The fourth-order valence-electron chi connectivity index (χ4n) is 4.23. The third kappa shape index (κ3) is 2.84. The summed E-state index contributed by atoms with van der Waals surface area (Å²) in [5.41, 5.74) is 0.0329. The lowest BCUT2D eigenvalue weighted by atomic mass is 9.72. The van der Waals surface area contributed by atoms with E-state index in [2.05, 4.69) is 24.1 Å². The standard InChI is InChI=1S/C18H21ClN2OS.ClH/c1-18(2)16(11-6-8-21(18)9-7-11)20-17(22)14-10-12-4-3-5-13(19)15(12)23-14;/h3-5,10-11,16H,6-9H2,1-2H3,(H,20,22);1H/t16-;/m1./s1. The number of rotatable bonds is 2. The number of carbonyl (C=O) groups is 1. The van der Waals surface area contributed by atoms with Crippen molar-refractivity contribution >= 4 is 51.3 Å². The van der Waals surface area contributed by atoms with Crippen LogP contribution in [0.25, 0.3) is 10.1 Å². The number of benzene rings is 1. The van der Waals surface area contributed by atoms with Crippen LogP contribution in [-0.2, 0) is 0 Å². The van der Waals surface area contributed by atoms with Crippen molar-refractivity contribution in [1.29, 1.82) is 0 Å². The lowest BCUT2D eigenvalue weighted by Crippen LogP contribution is -2.69. The van der Waals surface area contributed by atoms with Crippen LogP contribution in [0.15, 0.2) is 24.3 Å². The molecule has 1 N–H and O–H groups in total. The molecule has 3 aliphatic heterocycles. The topological polar surface area (TPSA) is 32.3 Å². The predicted octanol–water partition coefficient (Wildman–Crippen LogP) is 4.58. The number of fused-ring (bicyclic) bond motifs is 4. The Morgan fingerprint density at radius 3 is 2.67 bits per heavy atom. The summed E-state index contributed by atoms with van der Waals surface area (Å²) in [6.45, 7) is 6.82. The lowest BCUT2D eigenvalue weighted by Gasteiger charge is -2.56. The van der Waals surface area contributed by atoms with Crippen molar-refractivity contribution in [2.24, 2.45) is 5.92 Å².